The molecule has 0 spiro atoms. The number of thiophene rings is 1. The quantitative estimate of drug-likeness (QED) is 0.827. The number of nitrogens with two attached hydrogens (primary N) is 1. The van der Waals surface area contributed by atoms with E-state index >= 15 is 0 Å². The first kappa shape index (κ1) is 8.72. The van der Waals surface area contributed by atoms with Crippen molar-refractivity contribution in [2.75, 3.05) is 5.73 Å². The second-order valence-corrected chi connectivity index (χ2v) is 4.75. The summed E-state index contributed by atoms with van der Waals surface area (Å²) < 4.78 is 0. The zero-order chi connectivity index (χ0) is 9.26. The fraction of sp³-hybridized carbons (Fsp3) is 0.222. The van der Waals surface area contributed by atoms with Gasteiger partial charge in [-0.3, -0.25) is 0 Å². The summed E-state index contributed by atoms with van der Waals surface area (Å²) in [4.78, 5) is 6.84. The third kappa shape index (κ3) is 1.73. The van der Waals surface area contributed by atoms with Crippen LogP contribution >= 0.6 is 22.7 Å². The maximum atomic E-state index is 5.57. The number of hydrogen-bond acceptors (Lipinski definition) is 4. The van der Waals surface area contributed by atoms with Crippen molar-refractivity contribution in [3.8, 4) is 10.6 Å². The van der Waals surface area contributed by atoms with Crippen LogP contribution in [0.5, 0.6) is 0 Å². The summed E-state index contributed by atoms with van der Waals surface area (Å²) in [6.45, 7) is 2.16. The molecule has 0 saturated carbocycles. The third-order valence-electron chi connectivity index (χ3n) is 1.78. The molecular weight excluding hydrogens is 200 g/mol. The number of rotatable bonds is 2. The van der Waals surface area contributed by atoms with Gasteiger partial charge in [0.15, 0.2) is 5.13 Å². The van der Waals surface area contributed by atoms with Gasteiger partial charge in [0.05, 0.1) is 10.6 Å². The molecule has 0 unspecified atom stereocenters. The second-order valence-electron chi connectivity index (χ2n) is 2.69. The molecule has 0 aromatic carbocycles. The maximum absolute atomic E-state index is 5.57. The molecule has 2 rings (SSSR count). The summed E-state index contributed by atoms with van der Waals surface area (Å²) in [6, 6.07) is 4.26. The van der Waals surface area contributed by atoms with E-state index in [2.05, 4.69) is 24.0 Å². The number of aromatic nitrogens is 1. The normalized spacial score (nSPS) is 10.5. The van der Waals surface area contributed by atoms with E-state index in [4.69, 9.17) is 5.73 Å². The average Bonchev–Trinajstić information content (AvgIpc) is 2.71. The van der Waals surface area contributed by atoms with Crippen molar-refractivity contribution in [3.05, 3.63) is 22.4 Å². The number of nitrogen functional groups attached to an aromatic ring is 1. The number of anilines is 1. The molecule has 68 valence electrons. The minimum Gasteiger partial charge on any atom is -0.375 e. The number of nitrogens with zero attached hydrogens (tertiary/aromatic N) is 1. The summed E-state index contributed by atoms with van der Waals surface area (Å²) in [5.41, 5.74) is 6.57. The highest BCUT2D eigenvalue weighted by atomic mass is 32.1. The van der Waals surface area contributed by atoms with Gasteiger partial charge in [0.1, 0.15) is 0 Å². The van der Waals surface area contributed by atoms with E-state index in [9.17, 15) is 0 Å². The molecule has 0 saturated heterocycles. The van der Waals surface area contributed by atoms with Crippen molar-refractivity contribution in [3.63, 3.8) is 0 Å². The molecule has 0 aliphatic carbocycles. The molecule has 0 amide bonds. The molecule has 2 heterocycles. The SMILES string of the molecule is CCc1ccc(-c2csc(N)n2)s1. The van der Waals surface area contributed by atoms with E-state index in [1.807, 2.05) is 5.38 Å². The molecule has 0 aliphatic rings. The fourth-order valence-electron chi connectivity index (χ4n) is 1.11. The van der Waals surface area contributed by atoms with E-state index in [0.717, 1.165) is 12.1 Å². The van der Waals surface area contributed by atoms with Crippen molar-refractivity contribution in [1.82, 2.24) is 4.98 Å². The molecule has 2 aromatic heterocycles. The van der Waals surface area contributed by atoms with E-state index in [1.165, 1.54) is 21.1 Å². The van der Waals surface area contributed by atoms with Gasteiger partial charge < -0.3 is 5.73 Å². The van der Waals surface area contributed by atoms with Crippen LogP contribution < -0.4 is 5.73 Å². The lowest BCUT2D eigenvalue weighted by Crippen LogP contribution is -1.80. The van der Waals surface area contributed by atoms with Crippen molar-refractivity contribution in [1.29, 1.82) is 0 Å². The largest absolute Gasteiger partial charge is 0.375 e. The van der Waals surface area contributed by atoms with E-state index < -0.39 is 0 Å². The van der Waals surface area contributed by atoms with Crippen LogP contribution in [0.2, 0.25) is 0 Å². The predicted octanol–water partition coefficient (Wildman–Crippen LogP) is 3.02. The Morgan fingerprint density at radius 2 is 2.31 bits per heavy atom. The van der Waals surface area contributed by atoms with Crippen molar-refractivity contribution in [2.45, 2.75) is 13.3 Å². The van der Waals surface area contributed by atoms with Crippen LogP contribution in [0.25, 0.3) is 10.6 Å². The average molecular weight is 210 g/mol. The molecule has 2 nitrogen and oxygen atoms in total. The smallest absolute Gasteiger partial charge is 0.180 e. The van der Waals surface area contributed by atoms with Crippen LogP contribution in [0, 0.1) is 0 Å². The summed E-state index contributed by atoms with van der Waals surface area (Å²) in [5.74, 6) is 0. The lowest BCUT2D eigenvalue weighted by atomic mass is 10.3. The highest BCUT2D eigenvalue weighted by Crippen LogP contribution is 2.29. The summed E-state index contributed by atoms with van der Waals surface area (Å²) in [6.07, 6.45) is 1.09. The van der Waals surface area contributed by atoms with Gasteiger partial charge in [-0.2, -0.15) is 0 Å². The molecule has 4 heteroatoms. The van der Waals surface area contributed by atoms with Crippen molar-refractivity contribution >= 4 is 27.8 Å². The number of thiazole rings is 1. The Morgan fingerprint density at radius 3 is 2.85 bits per heavy atom. The van der Waals surface area contributed by atoms with Gasteiger partial charge in [-0.15, -0.1) is 22.7 Å². The first-order valence-electron chi connectivity index (χ1n) is 4.09. The van der Waals surface area contributed by atoms with Crippen LogP contribution in [0.3, 0.4) is 0 Å². The monoisotopic (exact) mass is 210 g/mol. The van der Waals surface area contributed by atoms with Gasteiger partial charge in [-0.25, -0.2) is 4.98 Å². The lowest BCUT2D eigenvalue weighted by Gasteiger charge is -1.87. The number of aryl methyl sites for hydroxylation is 1. The Balaban J connectivity index is 2.35. The highest BCUT2D eigenvalue weighted by Gasteiger charge is 2.04. The van der Waals surface area contributed by atoms with E-state index in [0.29, 0.717) is 5.13 Å². The molecule has 0 radical (unpaired) electrons. The van der Waals surface area contributed by atoms with Crippen molar-refractivity contribution < 1.29 is 0 Å². The molecule has 2 aromatic rings. The molecular formula is C9H10N2S2. The van der Waals surface area contributed by atoms with Gasteiger partial charge in [-0.1, -0.05) is 6.92 Å². The Bertz CT molecular complexity index is 403. The standard InChI is InChI=1S/C9H10N2S2/c1-2-6-3-4-8(13-6)7-5-12-9(10)11-7/h3-5H,2H2,1H3,(H2,10,11). The van der Waals surface area contributed by atoms with Gasteiger partial charge in [0.25, 0.3) is 0 Å². The predicted molar refractivity (Wildman–Crippen MR) is 59.2 cm³/mol. The molecule has 0 aliphatic heterocycles. The van der Waals surface area contributed by atoms with Crippen LogP contribution in [-0.2, 0) is 6.42 Å². The van der Waals surface area contributed by atoms with Crippen LogP contribution in [-0.4, -0.2) is 4.98 Å². The van der Waals surface area contributed by atoms with Gasteiger partial charge in [0.2, 0.25) is 0 Å². The third-order valence-corrected chi connectivity index (χ3v) is 3.71. The molecule has 13 heavy (non-hydrogen) atoms. The topological polar surface area (TPSA) is 38.9 Å². The Morgan fingerprint density at radius 1 is 1.46 bits per heavy atom. The summed E-state index contributed by atoms with van der Waals surface area (Å²) >= 11 is 3.28. The molecule has 0 atom stereocenters. The van der Waals surface area contributed by atoms with Gasteiger partial charge in [0, 0.05) is 10.3 Å². The molecule has 0 bridgehead atoms. The van der Waals surface area contributed by atoms with Gasteiger partial charge in [-0.05, 0) is 18.6 Å². The Hall–Kier alpha value is -0.870. The Kier molecular flexibility index (Phi) is 2.33. The summed E-state index contributed by atoms with van der Waals surface area (Å²) in [7, 11) is 0. The highest BCUT2D eigenvalue weighted by molar-refractivity contribution is 7.16. The first-order valence-corrected chi connectivity index (χ1v) is 5.79. The van der Waals surface area contributed by atoms with Crippen LogP contribution in [0.1, 0.15) is 11.8 Å². The minimum atomic E-state index is 0.640. The Labute approximate surface area is 85.1 Å². The number of hydrogen-bond donors (Lipinski definition) is 1. The van der Waals surface area contributed by atoms with Crippen molar-refractivity contribution in [2.24, 2.45) is 0 Å². The zero-order valence-corrected chi connectivity index (χ0v) is 8.91. The summed E-state index contributed by atoms with van der Waals surface area (Å²) in [5, 5.41) is 2.64. The fourth-order valence-corrected chi connectivity index (χ4v) is 2.65. The van der Waals surface area contributed by atoms with Gasteiger partial charge >= 0.3 is 0 Å². The van der Waals surface area contributed by atoms with Crippen LogP contribution in [0.4, 0.5) is 5.13 Å². The minimum absolute atomic E-state index is 0.640. The molecule has 2 N–H and O–H groups in total. The second kappa shape index (κ2) is 3.47. The maximum Gasteiger partial charge on any atom is 0.180 e. The van der Waals surface area contributed by atoms with Crippen LogP contribution in [0.15, 0.2) is 17.5 Å². The van der Waals surface area contributed by atoms with E-state index in [-0.39, 0.29) is 0 Å². The van der Waals surface area contributed by atoms with E-state index in [1.54, 1.807) is 11.3 Å². The molecule has 0 fully saturated rings. The zero-order valence-electron chi connectivity index (χ0n) is 7.28. The first-order chi connectivity index (χ1) is 6.29. The lowest BCUT2D eigenvalue weighted by molar-refractivity contribution is 1.19.